The number of rotatable bonds is 6. The second-order valence-electron chi connectivity index (χ2n) is 7.28. The van der Waals surface area contributed by atoms with E-state index in [1.54, 1.807) is 18.6 Å². The first-order valence-electron chi connectivity index (χ1n) is 10.1. The summed E-state index contributed by atoms with van der Waals surface area (Å²) < 4.78 is 13.8. The Morgan fingerprint density at radius 1 is 0.935 bits per heavy atom. The molecule has 31 heavy (non-hydrogen) atoms. The molecule has 0 amide bonds. The molecule has 0 bridgehead atoms. The fraction of sp³-hybridized carbons (Fsp3) is 0.0769. The highest BCUT2D eigenvalue weighted by Gasteiger charge is 2.16. The first-order chi connectivity index (χ1) is 15.3. The van der Waals surface area contributed by atoms with Gasteiger partial charge in [-0.3, -0.25) is 0 Å². The molecule has 152 valence electrons. The van der Waals surface area contributed by atoms with Crippen LogP contribution in [0.25, 0.3) is 22.1 Å². The number of hydrogen-bond donors (Lipinski definition) is 0. The van der Waals surface area contributed by atoms with Gasteiger partial charge in [-0.15, -0.1) is 0 Å². The molecule has 0 spiro atoms. The second kappa shape index (κ2) is 8.32. The van der Waals surface area contributed by atoms with Crippen molar-refractivity contribution >= 4 is 11.0 Å². The average molecular weight is 408 g/mol. The highest BCUT2D eigenvalue weighted by Crippen LogP contribution is 2.31. The first kappa shape index (κ1) is 18.9. The summed E-state index contributed by atoms with van der Waals surface area (Å²) in [5.74, 6) is 0.634. The van der Waals surface area contributed by atoms with Gasteiger partial charge in [0.15, 0.2) is 0 Å². The molecule has 0 N–H and O–H groups in total. The van der Waals surface area contributed by atoms with Crippen molar-refractivity contribution in [3.05, 3.63) is 120 Å². The van der Waals surface area contributed by atoms with E-state index in [1.165, 1.54) is 6.07 Å². The molecule has 5 heteroatoms. The fourth-order valence-electron chi connectivity index (χ4n) is 3.70. The Balaban J connectivity index is 1.52. The summed E-state index contributed by atoms with van der Waals surface area (Å²) >= 11 is 0. The van der Waals surface area contributed by atoms with Gasteiger partial charge in [0.05, 0.1) is 12.9 Å². The molecule has 0 saturated carbocycles. The third-order valence-corrected chi connectivity index (χ3v) is 5.19. The number of benzene rings is 3. The minimum Gasteiger partial charge on any atom is -0.484 e. The Hall–Kier alpha value is -4.12. The van der Waals surface area contributed by atoms with Crippen LogP contribution in [0.5, 0.6) is 5.75 Å². The van der Waals surface area contributed by atoms with Crippen molar-refractivity contribution in [3.63, 3.8) is 0 Å². The Kier molecular flexibility index (Phi) is 5.07. The molecule has 0 aliphatic carbocycles. The van der Waals surface area contributed by atoms with Crippen molar-refractivity contribution in [1.29, 1.82) is 0 Å². The summed E-state index contributed by atoms with van der Waals surface area (Å²) in [5.41, 5.74) is 2.98. The van der Waals surface area contributed by atoms with Crippen LogP contribution >= 0.6 is 0 Å². The number of ether oxygens (including phenoxy) is 1. The number of hydrogen-bond acceptors (Lipinski definition) is 4. The molecule has 5 rings (SSSR count). The average Bonchev–Trinajstić information content (AvgIpc) is 3.32. The number of nitrogens with zero attached hydrogens (tertiary/aromatic N) is 2. The largest absolute Gasteiger partial charge is 0.484 e. The van der Waals surface area contributed by atoms with Crippen molar-refractivity contribution in [2.45, 2.75) is 12.6 Å². The first-order valence-corrected chi connectivity index (χ1v) is 10.1. The quantitative estimate of drug-likeness (QED) is 0.349. The Morgan fingerprint density at radius 3 is 2.45 bits per heavy atom. The normalized spacial score (nSPS) is 12.0. The SMILES string of the molecule is O=c1cc(-c2ccccc2)c2ccc(OC(Cn3ccnc3)c3ccccc3)cc2o1. The van der Waals surface area contributed by atoms with Crippen molar-refractivity contribution in [2.24, 2.45) is 0 Å². The maximum absolute atomic E-state index is 12.2. The summed E-state index contributed by atoms with van der Waals surface area (Å²) in [6.45, 7) is 0.607. The summed E-state index contributed by atoms with van der Waals surface area (Å²) in [5, 5.41) is 0.865. The molecule has 1 unspecified atom stereocenters. The zero-order valence-electron chi connectivity index (χ0n) is 16.7. The minimum absolute atomic E-state index is 0.225. The molecule has 5 aromatic rings. The van der Waals surface area contributed by atoms with Gasteiger partial charge >= 0.3 is 5.63 Å². The predicted molar refractivity (Wildman–Crippen MR) is 120 cm³/mol. The topological polar surface area (TPSA) is 57.3 Å². The molecule has 0 aliphatic rings. The van der Waals surface area contributed by atoms with E-state index >= 15 is 0 Å². The molecular weight excluding hydrogens is 388 g/mol. The molecule has 5 nitrogen and oxygen atoms in total. The van der Waals surface area contributed by atoms with Crippen LogP contribution in [0.1, 0.15) is 11.7 Å². The van der Waals surface area contributed by atoms with Crippen LogP contribution in [-0.2, 0) is 6.54 Å². The molecule has 1 atom stereocenters. The fourth-order valence-corrected chi connectivity index (χ4v) is 3.70. The van der Waals surface area contributed by atoms with Gasteiger partial charge in [-0.2, -0.15) is 0 Å². The number of fused-ring (bicyclic) bond motifs is 1. The van der Waals surface area contributed by atoms with Crippen molar-refractivity contribution in [1.82, 2.24) is 9.55 Å². The lowest BCUT2D eigenvalue weighted by atomic mass is 10.0. The maximum Gasteiger partial charge on any atom is 0.336 e. The smallest absolute Gasteiger partial charge is 0.336 e. The van der Waals surface area contributed by atoms with Crippen molar-refractivity contribution < 1.29 is 9.15 Å². The zero-order chi connectivity index (χ0) is 21.0. The summed E-state index contributed by atoms with van der Waals surface area (Å²) in [4.78, 5) is 16.3. The monoisotopic (exact) mass is 408 g/mol. The van der Waals surface area contributed by atoms with Gasteiger partial charge in [-0.1, -0.05) is 60.7 Å². The summed E-state index contributed by atoms with van der Waals surface area (Å²) in [7, 11) is 0. The van der Waals surface area contributed by atoms with Crippen molar-refractivity contribution in [2.75, 3.05) is 0 Å². The van der Waals surface area contributed by atoms with Crippen molar-refractivity contribution in [3.8, 4) is 16.9 Å². The van der Waals surface area contributed by atoms with Gasteiger partial charge in [0, 0.05) is 29.9 Å². The lowest BCUT2D eigenvalue weighted by Gasteiger charge is -2.20. The zero-order valence-corrected chi connectivity index (χ0v) is 16.7. The Morgan fingerprint density at radius 2 is 1.71 bits per heavy atom. The molecule has 0 fully saturated rings. The van der Waals surface area contributed by atoms with Crippen LogP contribution < -0.4 is 10.4 Å². The van der Waals surface area contributed by atoms with Crippen LogP contribution in [0.3, 0.4) is 0 Å². The van der Waals surface area contributed by atoms with E-state index < -0.39 is 0 Å². The lowest BCUT2D eigenvalue weighted by molar-refractivity contribution is 0.183. The number of aromatic nitrogens is 2. The minimum atomic E-state index is -0.387. The van der Waals surface area contributed by atoms with Gasteiger partial charge in [0.1, 0.15) is 17.4 Å². The highest BCUT2D eigenvalue weighted by molar-refractivity contribution is 5.93. The van der Waals surface area contributed by atoms with E-state index in [2.05, 4.69) is 4.98 Å². The van der Waals surface area contributed by atoms with Gasteiger partial charge in [0.25, 0.3) is 0 Å². The highest BCUT2D eigenvalue weighted by atomic mass is 16.5. The summed E-state index contributed by atoms with van der Waals surface area (Å²) in [6.07, 6.45) is 5.20. The second-order valence-corrected chi connectivity index (χ2v) is 7.28. The number of imidazole rings is 1. The molecule has 0 aliphatic heterocycles. The Labute approximate surface area is 179 Å². The maximum atomic E-state index is 12.2. The molecule has 3 aromatic carbocycles. The van der Waals surface area contributed by atoms with E-state index in [1.807, 2.05) is 83.6 Å². The molecule has 0 radical (unpaired) electrons. The molecule has 2 heterocycles. The standard InChI is InChI=1S/C26H20N2O3/c29-26-16-23(19-7-3-1-4-8-19)22-12-11-21(15-24(22)31-26)30-25(17-28-14-13-27-18-28)20-9-5-2-6-10-20/h1-16,18,25H,17H2. The molecule has 0 saturated heterocycles. The predicted octanol–water partition coefficient (Wildman–Crippen LogP) is 5.48. The van der Waals surface area contributed by atoms with Gasteiger partial charge in [-0.25, -0.2) is 9.78 Å². The molecule has 2 aromatic heterocycles. The van der Waals surface area contributed by atoms with E-state index in [9.17, 15) is 4.79 Å². The summed E-state index contributed by atoms with van der Waals surface area (Å²) in [6, 6.07) is 27.0. The molecular formula is C26H20N2O3. The van der Waals surface area contributed by atoms with Crippen LogP contribution in [-0.4, -0.2) is 9.55 Å². The van der Waals surface area contributed by atoms with E-state index in [0.29, 0.717) is 17.9 Å². The third kappa shape index (κ3) is 4.12. The third-order valence-electron chi connectivity index (χ3n) is 5.19. The Bertz CT molecular complexity index is 1340. The van der Waals surface area contributed by atoms with Crippen LogP contribution in [0.15, 0.2) is 113 Å². The van der Waals surface area contributed by atoms with E-state index in [4.69, 9.17) is 9.15 Å². The van der Waals surface area contributed by atoms with E-state index in [-0.39, 0.29) is 11.7 Å². The lowest BCUT2D eigenvalue weighted by Crippen LogP contribution is -2.14. The van der Waals surface area contributed by atoms with Crippen LogP contribution in [0.2, 0.25) is 0 Å². The van der Waals surface area contributed by atoms with Crippen LogP contribution in [0.4, 0.5) is 0 Å². The van der Waals surface area contributed by atoms with E-state index in [0.717, 1.165) is 22.1 Å². The van der Waals surface area contributed by atoms with Gasteiger partial charge < -0.3 is 13.7 Å². The van der Waals surface area contributed by atoms with Gasteiger partial charge in [0.2, 0.25) is 0 Å². The van der Waals surface area contributed by atoms with Gasteiger partial charge in [-0.05, 0) is 28.8 Å². The van der Waals surface area contributed by atoms with Crippen LogP contribution in [0, 0.1) is 0 Å².